The van der Waals surface area contributed by atoms with Crippen LogP contribution in [0.2, 0.25) is 0 Å². The van der Waals surface area contributed by atoms with E-state index in [0.29, 0.717) is 35.8 Å². The lowest BCUT2D eigenvalue weighted by atomic mass is 10.1. The third-order valence-corrected chi connectivity index (χ3v) is 4.91. The number of rotatable bonds is 4. The second kappa shape index (κ2) is 6.58. The Bertz CT molecular complexity index is 1190. The number of nitrogens with one attached hydrogen (secondary N) is 1. The third-order valence-electron chi connectivity index (χ3n) is 4.91. The van der Waals surface area contributed by atoms with Crippen molar-refractivity contribution in [2.24, 2.45) is 0 Å². The van der Waals surface area contributed by atoms with Gasteiger partial charge in [0, 0.05) is 24.5 Å². The number of nitrogens with zero attached hydrogens (tertiary/aromatic N) is 4. The van der Waals surface area contributed by atoms with E-state index in [0.717, 1.165) is 11.0 Å². The topological polar surface area (TPSA) is 102 Å². The molecule has 140 valence electrons. The zero-order valence-corrected chi connectivity index (χ0v) is 14.8. The number of carboxylic acids is 1. The molecule has 8 heteroatoms. The van der Waals surface area contributed by atoms with Gasteiger partial charge in [-0.25, -0.2) is 4.98 Å². The van der Waals surface area contributed by atoms with Crippen LogP contribution in [0.25, 0.3) is 28.1 Å². The molecule has 0 radical (unpaired) electrons. The van der Waals surface area contributed by atoms with Crippen LogP contribution < -0.4 is 10.1 Å². The molecule has 1 aliphatic rings. The standard InChI is InChI=1S/C20H17N5O3/c26-20(27)15-10-13(11-21-15)28-16-5-3-4-12-7-8-14(22-18(12)16)19-24-23-17-6-1-2-9-25(17)19/h1-9,13,15,21H,10-11H2,(H,26,27). The number of para-hydroxylation sites is 1. The van der Waals surface area contributed by atoms with Crippen LogP contribution in [0.4, 0.5) is 0 Å². The van der Waals surface area contributed by atoms with E-state index in [2.05, 4.69) is 15.5 Å². The fourth-order valence-corrected chi connectivity index (χ4v) is 3.52. The van der Waals surface area contributed by atoms with E-state index in [9.17, 15) is 4.79 Å². The molecule has 2 unspecified atom stereocenters. The first-order chi connectivity index (χ1) is 13.7. The third kappa shape index (κ3) is 2.84. The van der Waals surface area contributed by atoms with Crippen LogP contribution in [0.3, 0.4) is 0 Å². The summed E-state index contributed by atoms with van der Waals surface area (Å²) >= 11 is 0. The molecule has 0 bridgehead atoms. The lowest BCUT2D eigenvalue weighted by molar-refractivity contribution is -0.139. The first-order valence-corrected chi connectivity index (χ1v) is 9.02. The van der Waals surface area contributed by atoms with E-state index in [1.165, 1.54) is 0 Å². The number of ether oxygens (including phenoxy) is 1. The van der Waals surface area contributed by atoms with Crippen LogP contribution in [-0.2, 0) is 4.79 Å². The minimum absolute atomic E-state index is 0.217. The van der Waals surface area contributed by atoms with Crippen molar-refractivity contribution in [3.05, 3.63) is 54.7 Å². The SMILES string of the molecule is O=C(O)C1CC(Oc2cccc3ccc(-c4nnc5ccccn45)nc23)CN1. The Morgan fingerprint density at radius 1 is 1.14 bits per heavy atom. The van der Waals surface area contributed by atoms with Crippen molar-refractivity contribution < 1.29 is 14.6 Å². The molecule has 0 spiro atoms. The number of pyridine rings is 2. The normalized spacial score (nSPS) is 19.3. The number of carboxylic acid groups (broad SMARTS) is 1. The smallest absolute Gasteiger partial charge is 0.320 e. The first kappa shape index (κ1) is 16.6. The van der Waals surface area contributed by atoms with Crippen LogP contribution in [0.5, 0.6) is 5.75 Å². The predicted octanol–water partition coefficient (Wildman–Crippen LogP) is 2.14. The number of hydrogen-bond acceptors (Lipinski definition) is 6. The van der Waals surface area contributed by atoms with Crippen LogP contribution in [-0.4, -0.2) is 49.3 Å². The summed E-state index contributed by atoms with van der Waals surface area (Å²) in [5.41, 5.74) is 2.15. The maximum Gasteiger partial charge on any atom is 0.320 e. The predicted molar refractivity (Wildman–Crippen MR) is 102 cm³/mol. The second-order valence-electron chi connectivity index (χ2n) is 6.75. The molecule has 8 nitrogen and oxygen atoms in total. The van der Waals surface area contributed by atoms with E-state index in [-0.39, 0.29) is 6.10 Å². The summed E-state index contributed by atoms with van der Waals surface area (Å²) in [7, 11) is 0. The molecule has 1 fully saturated rings. The summed E-state index contributed by atoms with van der Waals surface area (Å²) in [6.07, 6.45) is 2.10. The zero-order chi connectivity index (χ0) is 19.1. The van der Waals surface area contributed by atoms with Crippen molar-refractivity contribution in [1.82, 2.24) is 24.9 Å². The van der Waals surface area contributed by atoms with Crippen molar-refractivity contribution in [2.75, 3.05) is 6.54 Å². The van der Waals surface area contributed by atoms with Crippen molar-refractivity contribution in [3.63, 3.8) is 0 Å². The molecule has 4 aromatic rings. The molecule has 2 atom stereocenters. The van der Waals surface area contributed by atoms with Gasteiger partial charge in [0.2, 0.25) is 0 Å². The van der Waals surface area contributed by atoms with E-state index in [4.69, 9.17) is 14.8 Å². The van der Waals surface area contributed by atoms with Crippen molar-refractivity contribution in [1.29, 1.82) is 0 Å². The average molecular weight is 375 g/mol. The Kier molecular flexibility index (Phi) is 3.91. The Balaban J connectivity index is 1.52. The highest BCUT2D eigenvalue weighted by Crippen LogP contribution is 2.29. The Hall–Kier alpha value is -3.52. The Morgan fingerprint density at radius 2 is 2.07 bits per heavy atom. The van der Waals surface area contributed by atoms with Crippen LogP contribution >= 0.6 is 0 Å². The van der Waals surface area contributed by atoms with Gasteiger partial charge in [-0.15, -0.1) is 10.2 Å². The second-order valence-corrected chi connectivity index (χ2v) is 6.75. The van der Waals surface area contributed by atoms with Crippen molar-refractivity contribution in [2.45, 2.75) is 18.6 Å². The minimum Gasteiger partial charge on any atom is -0.487 e. The molecular weight excluding hydrogens is 358 g/mol. The molecule has 0 saturated carbocycles. The minimum atomic E-state index is -0.858. The number of benzene rings is 1. The molecule has 5 rings (SSSR count). The van der Waals surface area contributed by atoms with Gasteiger partial charge in [-0.3, -0.25) is 9.20 Å². The van der Waals surface area contributed by atoms with Crippen LogP contribution in [0, 0.1) is 0 Å². The number of aliphatic carboxylic acids is 1. The largest absolute Gasteiger partial charge is 0.487 e. The highest BCUT2D eigenvalue weighted by Gasteiger charge is 2.30. The molecule has 28 heavy (non-hydrogen) atoms. The summed E-state index contributed by atoms with van der Waals surface area (Å²) in [5.74, 6) is 0.426. The molecule has 0 aliphatic carbocycles. The summed E-state index contributed by atoms with van der Waals surface area (Å²) in [6.45, 7) is 0.488. The number of hydrogen-bond donors (Lipinski definition) is 2. The average Bonchev–Trinajstić information content (AvgIpc) is 3.35. The molecule has 0 amide bonds. The van der Waals surface area contributed by atoms with Crippen LogP contribution in [0.1, 0.15) is 6.42 Å². The number of fused-ring (bicyclic) bond motifs is 2. The lowest BCUT2D eigenvalue weighted by Gasteiger charge is -2.14. The fourth-order valence-electron chi connectivity index (χ4n) is 3.52. The molecule has 1 saturated heterocycles. The molecule has 4 heterocycles. The summed E-state index contributed by atoms with van der Waals surface area (Å²) < 4.78 is 7.98. The van der Waals surface area contributed by atoms with Gasteiger partial charge in [-0.2, -0.15) is 0 Å². The van der Waals surface area contributed by atoms with Gasteiger partial charge < -0.3 is 15.2 Å². The first-order valence-electron chi connectivity index (χ1n) is 9.02. The van der Waals surface area contributed by atoms with E-state index in [1.54, 1.807) is 0 Å². The molecule has 1 aliphatic heterocycles. The van der Waals surface area contributed by atoms with Gasteiger partial charge in [0.25, 0.3) is 0 Å². The lowest BCUT2D eigenvalue weighted by Crippen LogP contribution is -2.30. The zero-order valence-electron chi connectivity index (χ0n) is 14.8. The number of aromatic nitrogens is 4. The number of carbonyl (C=O) groups is 1. The summed E-state index contributed by atoms with van der Waals surface area (Å²) in [4.78, 5) is 15.9. The van der Waals surface area contributed by atoms with Gasteiger partial charge >= 0.3 is 5.97 Å². The van der Waals surface area contributed by atoms with E-state index in [1.807, 2.05) is 59.1 Å². The highest BCUT2D eigenvalue weighted by molar-refractivity contribution is 5.86. The van der Waals surface area contributed by atoms with Gasteiger partial charge in [0.1, 0.15) is 29.1 Å². The molecule has 2 N–H and O–H groups in total. The Labute approximate surface area is 159 Å². The van der Waals surface area contributed by atoms with Crippen molar-refractivity contribution in [3.8, 4) is 17.3 Å². The highest BCUT2D eigenvalue weighted by atomic mass is 16.5. The molecular formula is C20H17N5O3. The van der Waals surface area contributed by atoms with Crippen LogP contribution in [0.15, 0.2) is 54.7 Å². The van der Waals surface area contributed by atoms with Crippen molar-refractivity contribution >= 4 is 22.5 Å². The summed E-state index contributed by atoms with van der Waals surface area (Å²) in [6, 6.07) is 14.7. The maximum absolute atomic E-state index is 11.1. The molecule has 3 aromatic heterocycles. The monoisotopic (exact) mass is 375 g/mol. The van der Waals surface area contributed by atoms with E-state index >= 15 is 0 Å². The Morgan fingerprint density at radius 3 is 2.93 bits per heavy atom. The molecule has 1 aromatic carbocycles. The van der Waals surface area contributed by atoms with Gasteiger partial charge in [0.15, 0.2) is 11.5 Å². The van der Waals surface area contributed by atoms with Gasteiger partial charge in [-0.1, -0.05) is 24.3 Å². The fraction of sp³-hybridized carbons (Fsp3) is 0.200. The maximum atomic E-state index is 11.1. The van der Waals surface area contributed by atoms with Gasteiger partial charge in [0.05, 0.1) is 0 Å². The van der Waals surface area contributed by atoms with E-state index < -0.39 is 12.0 Å². The quantitative estimate of drug-likeness (QED) is 0.563. The van der Waals surface area contributed by atoms with Gasteiger partial charge in [-0.05, 0) is 24.3 Å². The summed E-state index contributed by atoms with van der Waals surface area (Å²) in [5, 5.41) is 21.5.